The largest absolute Gasteiger partial charge is 0.573 e. The van der Waals surface area contributed by atoms with Crippen LogP contribution in [0.5, 0.6) is 5.75 Å². The summed E-state index contributed by atoms with van der Waals surface area (Å²) in [5, 5.41) is 2.67. The number of benzene rings is 1. The van der Waals surface area contributed by atoms with E-state index in [1.807, 2.05) is 12.1 Å². The van der Waals surface area contributed by atoms with Crippen molar-refractivity contribution in [3.05, 3.63) is 53.7 Å². The Bertz CT molecular complexity index is 774. The van der Waals surface area contributed by atoms with Crippen LogP contribution in [0.2, 0.25) is 0 Å². The Kier molecular flexibility index (Phi) is 5.29. The minimum atomic E-state index is -4.80. The number of halogens is 3. The van der Waals surface area contributed by atoms with E-state index in [1.165, 1.54) is 12.1 Å². The van der Waals surface area contributed by atoms with Crippen molar-refractivity contribution < 1.29 is 22.7 Å². The summed E-state index contributed by atoms with van der Waals surface area (Å²) >= 11 is 0. The van der Waals surface area contributed by atoms with Crippen LogP contribution in [0.4, 0.5) is 19.0 Å². The molecule has 1 aliphatic rings. The number of nitrogens with zero attached hydrogens (tertiary/aromatic N) is 2. The maximum atomic E-state index is 12.3. The SMILES string of the molecule is O=C(NCc1cccc(N2CCCC2)n1)c1cccc(OC(F)(F)F)c1. The van der Waals surface area contributed by atoms with Gasteiger partial charge in [-0.05, 0) is 43.2 Å². The minimum absolute atomic E-state index is 0.0856. The maximum Gasteiger partial charge on any atom is 0.573 e. The number of rotatable bonds is 5. The average Bonchev–Trinajstić information content (AvgIpc) is 3.13. The summed E-state index contributed by atoms with van der Waals surface area (Å²) in [6, 6.07) is 10.6. The molecular weight excluding hydrogens is 347 g/mol. The van der Waals surface area contributed by atoms with Crippen LogP contribution in [0.25, 0.3) is 0 Å². The molecular formula is C18H18F3N3O2. The number of aromatic nitrogens is 1. The van der Waals surface area contributed by atoms with Crippen molar-refractivity contribution in [2.24, 2.45) is 0 Å². The van der Waals surface area contributed by atoms with Gasteiger partial charge in [-0.1, -0.05) is 12.1 Å². The number of carbonyl (C=O) groups excluding carboxylic acids is 1. The number of nitrogens with one attached hydrogen (secondary N) is 1. The van der Waals surface area contributed by atoms with Gasteiger partial charge in [-0.15, -0.1) is 13.2 Å². The van der Waals surface area contributed by atoms with Crippen LogP contribution >= 0.6 is 0 Å². The van der Waals surface area contributed by atoms with Crippen molar-refractivity contribution in [3.63, 3.8) is 0 Å². The molecule has 0 bridgehead atoms. The van der Waals surface area contributed by atoms with E-state index >= 15 is 0 Å². The first-order valence-corrected chi connectivity index (χ1v) is 8.26. The Morgan fingerprint density at radius 1 is 1.15 bits per heavy atom. The van der Waals surface area contributed by atoms with Crippen molar-refractivity contribution in [3.8, 4) is 5.75 Å². The van der Waals surface area contributed by atoms with Crippen LogP contribution in [0.1, 0.15) is 28.9 Å². The van der Waals surface area contributed by atoms with Crippen LogP contribution in [0.3, 0.4) is 0 Å². The molecule has 1 aromatic carbocycles. The molecule has 0 unspecified atom stereocenters. The summed E-state index contributed by atoms with van der Waals surface area (Å²) < 4.78 is 40.7. The van der Waals surface area contributed by atoms with Crippen LogP contribution in [-0.4, -0.2) is 30.3 Å². The fourth-order valence-electron chi connectivity index (χ4n) is 2.80. The third-order valence-electron chi connectivity index (χ3n) is 3.98. The standard InChI is InChI=1S/C18H18F3N3O2/c19-18(20,21)26-15-7-3-5-13(11-15)17(25)22-12-14-6-4-8-16(23-14)24-9-1-2-10-24/h3-8,11H,1-2,9-10,12H2,(H,22,25). The normalized spacial score (nSPS) is 14.3. The van der Waals surface area contributed by atoms with E-state index < -0.39 is 18.0 Å². The highest BCUT2D eigenvalue weighted by atomic mass is 19.4. The van der Waals surface area contributed by atoms with E-state index in [0.717, 1.165) is 43.9 Å². The van der Waals surface area contributed by atoms with Crippen molar-refractivity contribution >= 4 is 11.7 Å². The number of carbonyl (C=O) groups is 1. The summed E-state index contributed by atoms with van der Waals surface area (Å²) in [5.74, 6) is -0.0554. The first-order chi connectivity index (χ1) is 12.4. The Labute approximate surface area is 148 Å². The van der Waals surface area contributed by atoms with Crippen LogP contribution < -0.4 is 15.0 Å². The van der Waals surface area contributed by atoms with Gasteiger partial charge in [0.1, 0.15) is 11.6 Å². The van der Waals surface area contributed by atoms with Crippen molar-refractivity contribution in [2.75, 3.05) is 18.0 Å². The fraction of sp³-hybridized carbons (Fsp3) is 0.333. The number of alkyl halides is 3. The summed E-state index contributed by atoms with van der Waals surface area (Å²) in [4.78, 5) is 18.9. The molecule has 0 aliphatic carbocycles. The number of amides is 1. The molecule has 1 N–H and O–H groups in total. The molecule has 8 heteroatoms. The van der Waals surface area contributed by atoms with E-state index in [4.69, 9.17) is 0 Å². The number of hydrogen-bond acceptors (Lipinski definition) is 4. The molecule has 26 heavy (non-hydrogen) atoms. The van der Waals surface area contributed by atoms with Crippen molar-refractivity contribution in [1.29, 1.82) is 0 Å². The Hall–Kier alpha value is -2.77. The predicted octanol–water partition coefficient (Wildman–Crippen LogP) is 3.51. The molecule has 1 fully saturated rings. The zero-order valence-corrected chi connectivity index (χ0v) is 13.9. The Morgan fingerprint density at radius 3 is 2.62 bits per heavy atom. The van der Waals surface area contributed by atoms with E-state index in [-0.39, 0.29) is 12.1 Å². The van der Waals surface area contributed by atoms with Gasteiger partial charge in [0.15, 0.2) is 0 Å². The molecule has 2 aromatic rings. The smallest absolute Gasteiger partial charge is 0.406 e. The summed E-state index contributed by atoms with van der Waals surface area (Å²) in [5.41, 5.74) is 0.771. The second-order valence-electron chi connectivity index (χ2n) is 5.94. The van der Waals surface area contributed by atoms with E-state index in [1.54, 1.807) is 6.07 Å². The average molecular weight is 365 g/mol. The lowest BCUT2D eigenvalue weighted by molar-refractivity contribution is -0.274. The minimum Gasteiger partial charge on any atom is -0.406 e. The van der Waals surface area contributed by atoms with Gasteiger partial charge >= 0.3 is 6.36 Å². The molecule has 0 saturated carbocycles. The van der Waals surface area contributed by atoms with Gasteiger partial charge in [-0.3, -0.25) is 4.79 Å². The second kappa shape index (κ2) is 7.63. The molecule has 2 heterocycles. The highest BCUT2D eigenvalue weighted by Gasteiger charge is 2.31. The second-order valence-corrected chi connectivity index (χ2v) is 5.94. The lowest BCUT2D eigenvalue weighted by Crippen LogP contribution is -2.24. The topological polar surface area (TPSA) is 54.5 Å². The van der Waals surface area contributed by atoms with Crippen molar-refractivity contribution in [1.82, 2.24) is 10.3 Å². The number of hydrogen-bond donors (Lipinski definition) is 1. The van der Waals surface area contributed by atoms with Gasteiger partial charge in [-0.25, -0.2) is 4.98 Å². The fourth-order valence-corrected chi connectivity index (χ4v) is 2.80. The molecule has 1 aromatic heterocycles. The van der Waals surface area contributed by atoms with Crippen LogP contribution in [0.15, 0.2) is 42.5 Å². The highest BCUT2D eigenvalue weighted by molar-refractivity contribution is 5.94. The number of anilines is 1. The summed E-state index contributed by atoms with van der Waals surface area (Å²) in [6.45, 7) is 2.12. The van der Waals surface area contributed by atoms with Gasteiger partial charge in [0.2, 0.25) is 0 Å². The van der Waals surface area contributed by atoms with Gasteiger partial charge in [0.05, 0.1) is 12.2 Å². The van der Waals surface area contributed by atoms with E-state index in [2.05, 4.69) is 19.9 Å². The molecule has 1 aliphatic heterocycles. The molecule has 0 atom stereocenters. The van der Waals surface area contributed by atoms with Gasteiger partial charge < -0.3 is 15.0 Å². The third kappa shape index (κ3) is 4.87. The number of ether oxygens (including phenoxy) is 1. The van der Waals surface area contributed by atoms with Crippen molar-refractivity contribution in [2.45, 2.75) is 25.7 Å². The molecule has 0 spiro atoms. The zero-order chi connectivity index (χ0) is 18.6. The summed E-state index contributed by atoms with van der Waals surface area (Å²) in [7, 11) is 0. The van der Waals surface area contributed by atoms with Gasteiger partial charge in [0, 0.05) is 18.7 Å². The highest BCUT2D eigenvalue weighted by Crippen LogP contribution is 2.23. The first-order valence-electron chi connectivity index (χ1n) is 8.26. The molecule has 5 nitrogen and oxygen atoms in total. The van der Waals surface area contributed by atoms with Crippen LogP contribution in [-0.2, 0) is 6.54 Å². The lowest BCUT2D eigenvalue weighted by atomic mass is 10.2. The van der Waals surface area contributed by atoms with E-state index in [0.29, 0.717) is 5.69 Å². The Balaban J connectivity index is 1.62. The third-order valence-corrected chi connectivity index (χ3v) is 3.98. The number of pyridine rings is 1. The first kappa shape index (κ1) is 18.0. The van der Waals surface area contributed by atoms with Gasteiger partial charge in [-0.2, -0.15) is 0 Å². The summed E-state index contributed by atoms with van der Waals surface area (Å²) in [6.07, 6.45) is -2.52. The molecule has 3 rings (SSSR count). The predicted molar refractivity (Wildman–Crippen MR) is 90.0 cm³/mol. The Morgan fingerprint density at radius 2 is 1.88 bits per heavy atom. The maximum absolute atomic E-state index is 12.3. The van der Waals surface area contributed by atoms with E-state index in [9.17, 15) is 18.0 Å². The molecule has 1 saturated heterocycles. The molecule has 1 amide bonds. The quantitative estimate of drug-likeness (QED) is 0.881. The van der Waals surface area contributed by atoms with Gasteiger partial charge in [0.25, 0.3) is 5.91 Å². The monoisotopic (exact) mass is 365 g/mol. The molecule has 138 valence electrons. The molecule has 0 radical (unpaired) electrons. The lowest BCUT2D eigenvalue weighted by Gasteiger charge is -2.17. The zero-order valence-electron chi connectivity index (χ0n) is 13.9. The van der Waals surface area contributed by atoms with Crippen LogP contribution in [0, 0.1) is 0 Å².